The zero-order chi connectivity index (χ0) is 11.6. The number of carbonyl (C=O) groups is 2. The lowest BCUT2D eigenvalue weighted by molar-refractivity contribution is -0.177. The number of carbonyl (C=O) groups excluding carboxylic acids is 1. The molecule has 4 nitrogen and oxygen atoms in total. The normalized spacial score (nSPS) is 15.8. The van der Waals surface area contributed by atoms with Gasteiger partial charge in [0.25, 0.3) is 0 Å². The second-order valence-electron chi connectivity index (χ2n) is 2.75. The van der Waals surface area contributed by atoms with Crippen LogP contribution in [0.4, 0.5) is 13.2 Å². The fourth-order valence-corrected chi connectivity index (χ4v) is 0.696. The monoisotopic (exact) mass is 231 g/mol. The molecule has 0 heterocycles. The van der Waals surface area contributed by atoms with Crippen molar-refractivity contribution in [2.24, 2.45) is 0 Å². The molecule has 0 aliphatic heterocycles. The highest BCUT2D eigenvalue weighted by molar-refractivity contribution is 7.80. The van der Waals surface area contributed by atoms with Crippen LogP contribution < -0.4 is 5.32 Å². The van der Waals surface area contributed by atoms with Gasteiger partial charge in [-0.2, -0.15) is 25.8 Å². The van der Waals surface area contributed by atoms with E-state index in [0.29, 0.717) is 0 Å². The van der Waals surface area contributed by atoms with Crippen LogP contribution in [0.1, 0.15) is 6.92 Å². The molecular formula is C6H8F3NO3S. The van der Waals surface area contributed by atoms with E-state index in [0.717, 1.165) is 6.92 Å². The summed E-state index contributed by atoms with van der Waals surface area (Å²) in [4.78, 5) is 20.9. The maximum atomic E-state index is 11.7. The minimum Gasteiger partial charge on any atom is -0.479 e. The predicted octanol–water partition coefficient (Wildman–Crippen LogP) is 0.438. The Labute approximate surface area is 82.9 Å². The first-order valence-electron chi connectivity index (χ1n) is 3.37. The van der Waals surface area contributed by atoms with Gasteiger partial charge in [-0.25, -0.2) is 4.79 Å². The molecule has 0 aromatic rings. The molecule has 0 unspecified atom stereocenters. The summed E-state index contributed by atoms with van der Waals surface area (Å²) in [7, 11) is 0. The van der Waals surface area contributed by atoms with Gasteiger partial charge in [0.2, 0.25) is 0 Å². The first kappa shape index (κ1) is 13.1. The summed E-state index contributed by atoms with van der Waals surface area (Å²) < 4.78 is 35.2. The number of hydrogen-bond donors (Lipinski definition) is 3. The minimum atomic E-state index is -5.10. The van der Waals surface area contributed by atoms with Gasteiger partial charge in [0, 0.05) is 5.75 Å². The number of carboxylic acid groups (broad SMARTS) is 1. The van der Waals surface area contributed by atoms with Crippen LogP contribution in [0, 0.1) is 0 Å². The molecule has 82 valence electrons. The average Bonchev–Trinajstić information content (AvgIpc) is 2.02. The zero-order valence-corrected chi connectivity index (χ0v) is 7.95. The van der Waals surface area contributed by atoms with Gasteiger partial charge in [0.05, 0.1) is 0 Å². The number of nitrogens with one attached hydrogen (secondary N) is 1. The summed E-state index contributed by atoms with van der Waals surface area (Å²) in [5, 5.41) is 9.86. The smallest absolute Gasteiger partial charge is 0.471 e. The average molecular weight is 231 g/mol. The van der Waals surface area contributed by atoms with E-state index in [2.05, 4.69) is 12.6 Å². The topological polar surface area (TPSA) is 66.4 Å². The van der Waals surface area contributed by atoms with Gasteiger partial charge >= 0.3 is 18.1 Å². The van der Waals surface area contributed by atoms with Crippen LogP contribution in [0.25, 0.3) is 0 Å². The number of aliphatic carboxylic acids is 1. The van der Waals surface area contributed by atoms with Crippen molar-refractivity contribution >= 4 is 24.5 Å². The lowest BCUT2D eigenvalue weighted by atomic mass is 10.1. The molecule has 0 bridgehead atoms. The van der Waals surface area contributed by atoms with Crippen molar-refractivity contribution in [2.45, 2.75) is 18.6 Å². The van der Waals surface area contributed by atoms with Crippen LogP contribution in [0.5, 0.6) is 0 Å². The molecule has 0 spiro atoms. The Morgan fingerprint density at radius 1 is 1.43 bits per heavy atom. The molecule has 0 aliphatic carbocycles. The number of rotatable bonds is 3. The Kier molecular flexibility index (Phi) is 3.81. The summed E-state index contributed by atoms with van der Waals surface area (Å²) in [5.74, 6) is -4.31. The van der Waals surface area contributed by atoms with Gasteiger partial charge in [-0.3, -0.25) is 4.79 Å². The van der Waals surface area contributed by atoms with Crippen molar-refractivity contribution in [3.8, 4) is 0 Å². The fraction of sp³-hybridized carbons (Fsp3) is 0.667. The number of carboxylic acids is 1. The van der Waals surface area contributed by atoms with Gasteiger partial charge in [0.1, 0.15) is 5.54 Å². The number of amides is 1. The highest BCUT2D eigenvalue weighted by Crippen LogP contribution is 2.17. The second-order valence-corrected chi connectivity index (χ2v) is 3.06. The maximum absolute atomic E-state index is 11.7. The molecule has 8 heteroatoms. The van der Waals surface area contributed by atoms with E-state index in [1.807, 2.05) is 0 Å². The second kappa shape index (κ2) is 4.07. The molecule has 0 aromatic heterocycles. The van der Waals surface area contributed by atoms with E-state index in [9.17, 15) is 22.8 Å². The minimum absolute atomic E-state index is 0.440. The maximum Gasteiger partial charge on any atom is 0.471 e. The molecular weight excluding hydrogens is 223 g/mol. The van der Waals surface area contributed by atoms with E-state index in [1.165, 1.54) is 5.32 Å². The van der Waals surface area contributed by atoms with E-state index in [1.54, 1.807) is 0 Å². The van der Waals surface area contributed by atoms with E-state index >= 15 is 0 Å². The van der Waals surface area contributed by atoms with Crippen LogP contribution in [-0.4, -0.2) is 34.5 Å². The lowest BCUT2D eigenvalue weighted by Crippen LogP contribution is -2.57. The SMILES string of the molecule is C[C@](CS)(NC(=O)C(F)(F)F)C(=O)O. The van der Waals surface area contributed by atoms with Gasteiger partial charge in [0.15, 0.2) is 0 Å². The molecule has 0 saturated carbocycles. The number of hydrogen-bond acceptors (Lipinski definition) is 3. The summed E-state index contributed by atoms with van der Waals surface area (Å²) >= 11 is 3.55. The van der Waals surface area contributed by atoms with Crippen LogP contribution >= 0.6 is 12.6 Å². The molecule has 14 heavy (non-hydrogen) atoms. The van der Waals surface area contributed by atoms with Crippen molar-refractivity contribution in [1.29, 1.82) is 0 Å². The summed E-state index contributed by atoms with van der Waals surface area (Å²) in [6, 6.07) is 0. The molecule has 0 saturated heterocycles. The van der Waals surface area contributed by atoms with Crippen molar-refractivity contribution in [3.05, 3.63) is 0 Å². The third-order valence-corrected chi connectivity index (χ3v) is 2.07. The summed E-state index contributed by atoms with van der Waals surface area (Å²) in [6.07, 6.45) is -5.10. The first-order chi connectivity index (χ1) is 6.13. The van der Waals surface area contributed by atoms with Gasteiger partial charge in [-0.05, 0) is 6.92 Å². The highest BCUT2D eigenvalue weighted by atomic mass is 32.1. The van der Waals surface area contributed by atoms with Crippen LogP contribution in [-0.2, 0) is 9.59 Å². The standard InChI is InChI=1S/C6H8F3NO3S/c1-5(2-14,4(12)13)10-3(11)6(7,8)9/h14H,2H2,1H3,(H,10,11)(H,12,13)/t5-/m1/s1. The molecule has 1 atom stereocenters. The molecule has 0 radical (unpaired) electrons. The van der Waals surface area contributed by atoms with E-state index in [4.69, 9.17) is 5.11 Å². The molecule has 0 fully saturated rings. The third kappa shape index (κ3) is 3.09. The van der Waals surface area contributed by atoms with Crippen molar-refractivity contribution in [1.82, 2.24) is 5.32 Å². The largest absolute Gasteiger partial charge is 0.479 e. The summed E-state index contributed by atoms with van der Waals surface area (Å²) in [5.41, 5.74) is -2.02. The Morgan fingerprint density at radius 2 is 1.86 bits per heavy atom. The number of halogens is 3. The lowest BCUT2D eigenvalue weighted by Gasteiger charge is -2.24. The fourth-order valence-electron chi connectivity index (χ4n) is 0.482. The molecule has 1 amide bonds. The van der Waals surface area contributed by atoms with E-state index in [-0.39, 0.29) is 0 Å². The highest BCUT2D eigenvalue weighted by Gasteiger charge is 2.44. The predicted molar refractivity (Wildman–Crippen MR) is 44.1 cm³/mol. The summed E-state index contributed by atoms with van der Waals surface area (Å²) in [6.45, 7) is 0.936. The molecule has 0 rings (SSSR count). The molecule has 2 N–H and O–H groups in total. The van der Waals surface area contributed by atoms with Gasteiger partial charge < -0.3 is 10.4 Å². The van der Waals surface area contributed by atoms with Crippen molar-refractivity contribution < 1.29 is 27.9 Å². The number of alkyl halides is 3. The van der Waals surface area contributed by atoms with Gasteiger partial charge in [-0.15, -0.1) is 0 Å². The number of thiol groups is 1. The molecule has 0 aliphatic rings. The van der Waals surface area contributed by atoms with Crippen LogP contribution in [0.3, 0.4) is 0 Å². The van der Waals surface area contributed by atoms with Crippen molar-refractivity contribution in [3.63, 3.8) is 0 Å². The first-order valence-corrected chi connectivity index (χ1v) is 4.00. The Bertz CT molecular complexity index is 255. The molecule has 0 aromatic carbocycles. The Balaban J connectivity index is 4.65. The van der Waals surface area contributed by atoms with Gasteiger partial charge in [-0.1, -0.05) is 0 Å². The van der Waals surface area contributed by atoms with E-state index < -0.39 is 29.3 Å². The van der Waals surface area contributed by atoms with Crippen LogP contribution in [0.2, 0.25) is 0 Å². The zero-order valence-electron chi connectivity index (χ0n) is 7.05. The Morgan fingerprint density at radius 3 is 2.07 bits per heavy atom. The Hall–Kier alpha value is -0.920. The third-order valence-electron chi connectivity index (χ3n) is 1.44. The van der Waals surface area contributed by atoms with Crippen LogP contribution in [0.15, 0.2) is 0 Å². The quantitative estimate of drug-likeness (QED) is 0.617. The van der Waals surface area contributed by atoms with Crippen molar-refractivity contribution in [2.75, 3.05) is 5.75 Å².